The van der Waals surface area contributed by atoms with Crippen molar-refractivity contribution in [2.24, 2.45) is 0 Å². The third-order valence-corrected chi connectivity index (χ3v) is 3.37. The van der Waals surface area contributed by atoms with E-state index in [1.54, 1.807) is 0 Å². The molecule has 0 radical (unpaired) electrons. The molecule has 3 aromatic carbocycles. The average molecular weight is 275 g/mol. The van der Waals surface area contributed by atoms with E-state index in [-0.39, 0.29) is 6.15 Å². The maximum absolute atomic E-state index is 11.4. The van der Waals surface area contributed by atoms with Crippen LogP contribution in [0.1, 0.15) is 10.4 Å². The quantitative estimate of drug-likeness (QED) is 0.684. The number of carbonyl (C=O) groups is 1. The topological polar surface area (TPSA) is 52.1 Å². The average Bonchev–Trinajstić information content (AvgIpc) is 2.55. The molecule has 3 rings (SSSR count). The van der Waals surface area contributed by atoms with E-state index < -0.39 is 0 Å². The Morgan fingerprint density at radius 2 is 1.19 bits per heavy atom. The highest BCUT2D eigenvalue weighted by Gasteiger charge is 2.11. The van der Waals surface area contributed by atoms with E-state index >= 15 is 0 Å². The Kier molecular flexibility index (Phi) is 4.64. The number of carbonyl (C=O) groups excluding carboxylic acids is 1. The van der Waals surface area contributed by atoms with Gasteiger partial charge in [0.2, 0.25) is 0 Å². The molecule has 0 aliphatic heterocycles. The summed E-state index contributed by atoms with van der Waals surface area (Å²) >= 11 is 0. The number of aldehydes is 1. The maximum Gasteiger partial charge on any atom is 0.150 e. The molecule has 0 spiro atoms. The molecule has 0 heterocycles. The lowest BCUT2D eigenvalue weighted by atomic mass is 9.91. The van der Waals surface area contributed by atoms with Gasteiger partial charge in [0.15, 0.2) is 6.29 Å². The van der Waals surface area contributed by atoms with Crippen LogP contribution in [0.3, 0.4) is 0 Å². The van der Waals surface area contributed by atoms with Crippen LogP contribution in [0.2, 0.25) is 0 Å². The molecule has 0 saturated heterocycles. The molecular formula is C19H17NO. The third kappa shape index (κ3) is 2.91. The number of benzene rings is 3. The number of rotatable bonds is 3. The molecule has 0 unspecified atom stereocenters. The monoisotopic (exact) mass is 275 g/mol. The fourth-order valence-electron chi connectivity index (χ4n) is 2.45. The van der Waals surface area contributed by atoms with Crippen LogP contribution in [0, 0.1) is 0 Å². The lowest BCUT2D eigenvalue weighted by molar-refractivity contribution is 0.112. The van der Waals surface area contributed by atoms with Crippen LogP contribution >= 0.6 is 0 Å². The molecule has 21 heavy (non-hydrogen) atoms. The Hall–Kier alpha value is -2.71. The van der Waals surface area contributed by atoms with E-state index in [9.17, 15) is 4.79 Å². The normalized spacial score (nSPS) is 9.71. The Morgan fingerprint density at radius 3 is 1.76 bits per heavy atom. The van der Waals surface area contributed by atoms with E-state index in [4.69, 9.17) is 0 Å². The summed E-state index contributed by atoms with van der Waals surface area (Å²) in [6, 6.07) is 26.0. The summed E-state index contributed by atoms with van der Waals surface area (Å²) in [6.45, 7) is 0. The Balaban J connectivity index is 0.00000161. The van der Waals surface area contributed by atoms with E-state index in [1.165, 1.54) is 0 Å². The fourth-order valence-corrected chi connectivity index (χ4v) is 2.45. The zero-order valence-electron chi connectivity index (χ0n) is 11.7. The van der Waals surface area contributed by atoms with Gasteiger partial charge in [-0.1, -0.05) is 78.9 Å². The molecule has 0 bridgehead atoms. The highest BCUT2D eigenvalue weighted by atomic mass is 16.1. The van der Waals surface area contributed by atoms with E-state index in [0.717, 1.165) is 34.1 Å². The van der Waals surface area contributed by atoms with Crippen LogP contribution in [0.15, 0.2) is 78.9 Å². The molecule has 0 saturated carbocycles. The van der Waals surface area contributed by atoms with Crippen molar-refractivity contribution in [3.63, 3.8) is 0 Å². The van der Waals surface area contributed by atoms with Gasteiger partial charge in [-0.2, -0.15) is 0 Å². The summed E-state index contributed by atoms with van der Waals surface area (Å²) < 4.78 is 0. The molecule has 0 aliphatic rings. The molecule has 0 aliphatic carbocycles. The van der Waals surface area contributed by atoms with Crippen LogP contribution in [0.25, 0.3) is 22.3 Å². The zero-order chi connectivity index (χ0) is 13.8. The standard InChI is InChI=1S/C19H14O.H3N/c20-14-17-12-7-13-18(15-8-3-1-4-9-15)19(17)16-10-5-2-6-11-16;/h1-14H;1H3. The molecular weight excluding hydrogens is 258 g/mol. The fraction of sp³-hybridized carbons (Fsp3) is 0. The smallest absolute Gasteiger partial charge is 0.150 e. The molecule has 3 aromatic rings. The van der Waals surface area contributed by atoms with Crippen molar-refractivity contribution in [2.45, 2.75) is 0 Å². The Morgan fingerprint density at radius 1 is 0.619 bits per heavy atom. The second-order valence-corrected chi connectivity index (χ2v) is 4.62. The van der Waals surface area contributed by atoms with Gasteiger partial charge in [-0.25, -0.2) is 0 Å². The second-order valence-electron chi connectivity index (χ2n) is 4.62. The highest BCUT2D eigenvalue weighted by molar-refractivity contribution is 5.95. The summed E-state index contributed by atoms with van der Waals surface area (Å²) in [5, 5.41) is 0. The van der Waals surface area contributed by atoms with Crippen LogP contribution in [0.4, 0.5) is 0 Å². The zero-order valence-corrected chi connectivity index (χ0v) is 11.7. The van der Waals surface area contributed by atoms with Crippen LogP contribution in [0.5, 0.6) is 0 Å². The minimum atomic E-state index is 0. The van der Waals surface area contributed by atoms with Crippen molar-refractivity contribution < 1.29 is 4.79 Å². The lowest BCUT2D eigenvalue weighted by Gasteiger charge is -2.12. The highest BCUT2D eigenvalue weighted by Crippen LogP contribution is 2.34. The largest absolute Gasteiger partial charge is 0.344 e. The van der Waals surface area contributed by atoms with Gasteiger partial charge in [0.05, 0.1) is 0 Å². The second kappa shape index (κ2) is 6.64. The molecule has 0 fully saturated rings. The summed E-state index contributed by atoms with van der Waals surface area (Å²) in [6.07, 6.45) is 0.925. The van der Waals surface area contributed by atoms with Crippen molar-refractivity contribution in [2.75, 3.05) is 0 Å². The molecule has 0 amide bonds. The van der Waals surface area contributed by atoms with Gasteiger partial charge in [-0.05, 0) is 22.3 Å². The lowest BCUT2D eigenvalue weighted by Crippen LogP contribution is -1.91. The van der Waals surface area contributed by atoms with Gasteiger partial charge < -0.3 is 6.15 Å². The van der Waals surface area contributed by atoms with Gasteiger partial charge in [0, 0.05) is 5.56 Å². The Labute approximate surface area is 124 Å². The molecule has 2 nitrogen and oxygen atoms in total. The van der Waals surface area contributed by atoms with Crippen molar-refractivity contribution in [3.8, 4) is 22.3 Å². The van der Waals surface area contributed by atoms with Crippen molar-refractivity contribution >= 4 is 6.29 Å². The van der Waals surface area contributed by atoms with Crippen molar-refractivity contribution in [3.05, 3.63) is 84.4 Å². The van der Waals surface area contributed by atoms with Crippen molar-refractivity contribution in [1.82, 2.24) is 6.15 Å². The van der Waals surface area contributed by atoms with E-state index in [0.29, 0.717) is 0 Å². The minimum Gasteiger partial charge on any atom is -0.344 e. The molecule has 104 valence electrons. The van der Waals surface area contributed by atoms with E-state index in [2.05, 4.69) is 18.2 Å². The predicted molar refractivity (Wildman–Crippen MR) is 87.7 cm³/mol. The molecule has 2 heteroatoms. The number of hydrogen-bond donors (Lipinski definition) is 1. The third-order valence-electron chi connectivity index (χ3n) is 3.37. The minimum absolute atomic E-state index is 0. The van der Waals surface area contributed by atoms with Gasteiger partial charge in [-0.15, -0.1) is 0 Å². The first-order chi connectivity index (χ1) is 9.90. The Bertz CT molecular complexity index is 721. The molecule has 0 atom stereocenters. The van der Waals surface area contributed by atoms with Gasteiger partial charge in [0.1, 0.15) is 0 Å². The van der Waals surface area contributed by atoms with Gasteiger partial charge in [0.25, 0.3) is 0 Å². The summed E-state index contributed by atoms with van der Waals surface area (Å²) in [5.41, 5.74) is 4.98. The van der Waals surface area contributed by atoms with E-state index in [1.807, 2.05) is 60.7 Å². The summed E-state index contributed by atoms with van der Waals surface area (Å²) in [7, 11) is 0. The summed E-state index contributed by atoms with van der Waals surface area (Å²) in [5.74, 6) is 0. The van der Waals surface area contributed by atoms with Gasteiger partial charge in [-0.3, -0.25) is 4.79 Å². The van der Waals surface area contributed by atoms with Crippen LogP contribution in [-0.2, 0) is 0 Å². The molecule has 3 N–H and O–H groups in total. The SMILES string of the molecule is N.O=Cc1cccc(-c2ccccc2)c1-c1ccccc1. The molecule has 0 aromatic heterocycles. The number of hydrogen-bond acceptors (Lipinski definition) is 2. The van der Waals surface area contributed by atoms with Gasteiger partial charge >= 0.3 is 0 Å². The predicted octanol–water partition coefficient (Wildman–Crippen LogP) is 5.00. The first kappa shape index (κ1) is 14.7. The summed E-state index contributed by atoms with van der Waals surface area (Å²) in [4.78, 5) is 11.4. The van der Waals surface area contributed by atoms with Crippen LogP contribution < -0.4 is 6.15 Å². The van der Waals surface area contributed by atoms with Crippen LogP contribution in [-0.4, -0.2) is 6.29 Å². The van der Waals surface area contributed by atoms with Crippen molar-refractivity contribution in [1.29, 1.82) is 0 Å². The first-order valence-corrected chi connectivity index (χ1v) is 6.59. The first-order valence-electron chi connectivity index (χ1n) is 6.59. The maximum atomic E-state index is 11.4.